The van der Waals surface area contributed by atoms with E-state index in [2.05, 4.69) is 128 Å². The van der Waals surface area contributed by atoms with E-state index in [0.717, 1.165) is 127 Å². The molecule has 0 aliphatic rings. The lowest BCUT2D eigenvalue weighted by molar-refractivity contribution is -0.788. The number of amides is 1. The van der Waals surface area contributed by atoms with Gasteiger partial charge in [0.1, 0.15) is 29.1 Å². The molecule has 18 heteroatoms. The minimum Gasteiger partial charge on any atom is -0.494 e. The maximum atomic E-state index is 12.5. The van der Waals surface area contributed by atoms with E-state index in [4.69, 9.17) is 24.0 Å². The molecular weight excluding hydrogens is 971 g/mol. The maximum Gasteiger partial charge on any atom is 0.276 e. The molecular formula is C59H82N13O5+. The highest BCUT2D eigenvalue weighted by molar-refractivity contribution is 5.96. The highest BCUT2D eigenvalue weighted by atomic mass is 16.5. The number of aromatic nitrogens is 6. The number of carbonyl (C=O) groups excluding carboxylic acids is 1. The minimum atomic E-state index is -0.203. The molecule has 0 bridgehead atoms. The number of carbonyl (C=O) groups is 1. The Balaban J connectivity index is 0.964. The first-order chi connectivity index (χ1) is 37.4. The Morgan fingerprint density at radius 1 is 0.740 bits per heavy atom. The molecule has 0 radical (unpaired) electrons. The summed E-state index contributed by atoms with van der Waals surface area (Å²) in [5.41, 5.74) is 11.4. The summed E-state index contributed by atoms with van der Waals surface area (Å²) in [7, 11) is 15.9. The molecule has 5 N–H and O–H groups in total. The van der Waals surface area contributed by atoms with E-state index < -0.39 is 0 Å². The van der Waals surface area contributed by atoms with E-state index in [1.807, 2.05) is 92.3 Å². The fraction of sp³-hybridized carbons (Fsp3) is 0.424. The molecule has 77 heavy (non-hydrogen) atoms. The van der Waals surface area contributed by atoms with Gasteiger partial charge in [-0.1, -0.05) is 41.1 Å². The van der Waals surface area contributed by atoms with Gasteiger partial charge in [-0.3, -0.25) is 24.0 Å². The Kier molecular flexibility index (Phi) is 21.8. The van der Waals surface area contributed by atoms with Gasteiger partial charge >= 0.3 is 0 Å². The molecule has 7 rings (SSSR count). The fourth-order valence-corrected chi connectivity index (χ4v) is 9.25. The van der Waals surface area contributed by atoms with Gasteiger partial charge in [0.05, 0.1) is 60.7 Å². The van der Waals surface area contributed by atoms with Crippen LogP contribution >= 0.6 is 0 Å². The van der Waals surface area contributed by atoms with Crippen molar-refractivity contribution < 1.29 is 28.4 Å². The molecule has 0 spiro atoms. The van der Waals surface area contributed by atoms with E-state index in [1.54, 1.807) is 19.2 Å². The van der Waals surface area contributed by atoms with Crippen LogP contribution in [0.15, 0.2) is 109 Å². The lowest BCUT2D eigenvalue weighted by Crippen LogP contribution is -2.43. The molecule has 3 aromatic heterocycles. The van der Waals surface area contributed by atoms with Crippen LogP contribution in [0.1, 0.15) is 46.3 Å². The number of aryl methyl sites for hydroxylation is 2. The number of aromatic amines is 1. The van der Waals surface area contributed by atoms with Gasteiger partial charge in [-0.05, 0) is 128 Å². The van der Waals surface area contributed by atoms with Gasteiger partial charge in [-0.15, -0.1) is 0 Å². The van der Waals surface area contributed by atoms with Gasteiger partial charge in [0.2, 0.25) is 5.69 Å². The average molecular weight is 1050 g/mol. The summed E-state index contributed by atoms with van der Waals surface area (Å²) in [6.07, 6.45) is 4.65. The third kappa shape index (κ3) is 16.3. The molecule has 412 valence electrons. The van der Waals surface area contributed by atoms with Crippen LogP contribution in [0.2, 0.25) is 0 Å². The van der Waals surface area contributed by atoms with Crippen LogP contribution in [0, 0.1) is 6.92 Å². The third-order valence-electron chi connectivity index (χ3n) is 13.4. The van der Waals surface area contributed by atoms with Crippen molar-refractivity contribution in [1.29, 1.82) is 0 Å². The Hall–Kier alpha value is -6.90. The molecule has 3 heterocycles. The molecule has 0 aliphatic heterocycles. The zero-order chi connectivity index (χ0) is 54.7. The molecule has 1 atom stereocenters. The van der Waals surface area contributed by atoms with Gasteiger partial charge in [0, 0.05) is 95.8 Å². The van der Waals surface area contributed by atoms with E-state index in [0.29, 0.717) is 43.6 Å². The number of H-pyrrole nitrogens is 1. The minimum absolute atomic E-state index is 0.174. The van der Waals surface area contributed by atoms with E-state index in [9.17, 15) is 4.79 Å². The second-order valence-electron chi connectivity index (χ2n) is 19.8. The van der Waals surface area contributed by atoms with E-state index in [1.165, 1.54) is 5.69 Å². The molecule has 1 unspecified atom stereocenters. The predicted molar refractivity (Wildman–Crippen MR) is 304 cm³/mol. The average Bonchev–Trinajstić information content (AvgIpc) is 4.14. The summed E-state index contributed by atoms with van der Waals surface area (Å²) in [6, 6.07) is 31.8. The normalized spacial score (nSPS) is 12.0. The number of nitrogens with zero attached hydrogens (tertiary/aromatic N) is 8. The quantitative estimate of drug-likeness (QED) is 0.0228. The summed E-state index contributed by atoms with van der Waals surface area (Å²) in [5, 5.41) is 25.7. The van der Waals surface area contributed by atoms with Crippen LogP contribution in [-0.2, 0) is 44.7 Å². The topological polar surface area (TPSA) is 167 Å². The molecule has 4 aromatic carbocycles. The van der Waals surface area contributed by atoms with Gasteiger partial charge in [0.15, 0.2) is 0 Å². The summed E-state index contributed by atoms with van der Waals surface area (Å²) in [5.74, 6) is 2.53. The van der Waals surface area contributed by atoms with E-state index >= 15 is 0 Å². The molecule has 1 amide bonds. The SMILES string of the molecule is CNCCN(C)Cc1cn(CC(C)Oc2ccc(-c3c(C)[nH][n+](COCCCOc4ccc(-c5cnn(C)c5CN(C)CCNC)cc4)c3CN(C)CCNC)cc2)nc1-c1ccc(Oc2ccccc2C(=O)NC)cc1. The number of likely N-dealkylation sites (N-methyl/N-ethyl adjacent to an activating group) is 6. The number of benzene rings is 4. The number of rotatable bonds is 32. The monoisotopic (exact) mass is 1050 g/mol. The molecule has 0 saturated carbocycles. The smallest absolute Gasteiger partial charge is 0.276 e. The highest BCUT2D eigenvalue weighted by Gasteiger charge is 2.26. The first kappa shape index (κ1) is 57.8. The summed E-state index contributed by atoms with van der Waals surface area (Å²) >= 11 is 0. The first-order valence-electron chi connectivity index (χ1n) is 26.7. The third-order valence-corrected chi connectivity index (χ3v) is 13.4. The largest absolute Gasteiger partial charge is 0.494 e. The van der Waals surface area contributed by atoms with Crippen LogP contribution < -0.4 is 40.2 Å². The standard InChI is InChI=1S/C59H81N13O5/c1-43(37-71-39-48(38-67(7)31-28-60-3)58(66-71)47-20-26-51(27-21-47)77-56-15-12-11-14-52(56)59(73)63-6)76-50-24-18-46(19-25-50)57-44(2)65-72(55(57)41-69(9)33-30-62-5)42-74-34-13-35-75-49-22-16-45(17-23-49)53-36-64-70(10)54(53)40-68(8)32-29-61-4/h11-12,14-27,36,39,43,60-62H,13,28-35,37-38,40-42H2,1-10H3,(H,63,73)/p+1. The lowest BCUT2D eigenvalue weighted by atomic mass is 10.0. The summed E-state index contributed by atoms with van der Waals surface area (Å²) in [4.78, 5) is 19.4. The van der Waals surface area contributed by atoms with Crippen molar-refractivity contribution >= 4 is 5.91 Å². The van der Waals surface area contributed by atoms with Gasteiger partial charge in [-0.25, -0.2) is 0 Å². The van der Waals surface area contributed by atoms with Crippen LogP contribution in [0.5, 0.6) is 23.0 Å². The molecule has 7 aromatic rings. The van der Waals surface area contributed by atoms with Crippen molar-refractivity contribution in [1.82, 2.24) is 60.6 Å². The van der Waals surface area contributed by atoms with Crippen molar-refractivity contribution in [3.05, 3.63) is 138 Å². The van der Waals surface area contributed by atoms with Gasteiger partial charge in [-0.2, -0.15) is 15.3 Å². The fourth-order valence-electron chi connectivity index (χ4n) is 9.25. The van der Waals surface area contributed by atoms with Crippen molar-refractivity contribution in [2.45, 2.75) is 59.3 Å². The Morgan fingerprint density at radius 3 is 2.03 bits per heavy atom. The van der Waals surface area contributed by atoms with Gasteiger partial charge < -0.3 is 45.1 Å². The van der Waals surface area contributed by atoms with Crippen LogP contribution in [-0.4, -0.2) is 153 Å². The second-order valence-corrected chi connectivity index (χ2v) is 19.8. The molecule has 0 fully saturated rings. The molecule has 0 aliphatic carbocycles. The molecule has 0 saturated heterocycles. The number of hydrogen-bond donors (Lipinski definition) is 5. The Morgan fingerprint density at radius 2 is 1.35 bits per heavy atom. The summed E-state index contributed by atoms with van der Waals surface area (Å²) in [6.45, 7) is 13.9. The van der Waals surface area contributed by atoms with Crippen molar-refractivity contribution in [3.8, 4) is 56.5 Å². The van der Waals surface area contributed by atoms with Gasteiger partial charge in [0.25, 0.3) is 12.6 Å². The van der Waals surface area contributed by atoms with E-state index in [-0.39, 0.29) is 12.0 Å². The number of nitrogens with one attached hydrogen (secondary N) is 5. The van der Waals surface area contributed by atoms with Crippen molar-refractivity contribution in [2.24, 2.45) is 7.05 Å². The number of para-hydroxylation sites is 1. The van der Waals surface area contributed by atoms with Crippen molar-refractivity contribution in [3.63, 3.8) is 0 Å². The zero-order valence-corrected chi connectivity index (χ0v) is 47.0. The maximum absolute atomic E-state index is 12.5. The Labute approximate surface area is 455 Å². The predicted octanol–water partition coefficient (Wildman–Crippen LogP) is 6.56. The Bertz CT molecular complexity index is 2900. The number of hydrogen-bond acceptors (Lipinski definition) is 13. The van der Waals surface area contributed by atoms with Crippen LogP contribution in [0.25, 0.3) is 33.5 Å². The highest BCUT2D eigenvalue weighted by Crippen LogP contribution is 2.32. The van der Waals surface area contributed by atoms with Crippen LogP contribution in [0.3, 0.4) is 0 Å². The first-order valence-corrected chi connectivity index (χ1v) is 26.7. The van der Waals surface area contributed by atoms with Crippen molar-refractivity contribution in [2.75, 3.05) is 102 Å². The molecule has 18 nitrogen and oxygen atoms in total. The second kappa shape index (κ2) is 29.0. The zero-order valence-electron chi connectivity index (χ0n) is 47.0. The summed E-state index contributed by atoms with van der Waals surface area (Å²) < 4.78 is 31.2. The lowest BCUT2D eigenvalue weighted by Gasteiger charge is -2.17. The van der Waals surface area contributed by atoms with Crippen LogP contribution in [0.4, 0.5) is 0 Å². The number of ether oxygens (including phenoxy) is 4.